The van der Waals surface area contributed by atoms with Gasteiger partial charge < -0.3 is 5.32 Å². The molecule has 4 heteroatoms. The molecule has 3 nitrogen and oxygen atoms in total. The van der Waals surface area contributed by atoms with Gasteiger partial charge in [0.1, 0.15) is 0 Å². The quantitative estimate of drug-likeness (QED) is 0.865. The average Bonchev–Trinajstić information content (AvgIpc) is 2.69. The molecule has 17 heavy (non-hydrogen) atoms. The van der Waals surface area contributed by atoms with Crippen molar-refractivity contribution in [2.24, 2.45) is 0 Å². The predicted octanol–water partition coefficient (Wildman–Crippen LogP) is 2.52. The first-order valence-electron chi connectivity index (χ1n) is 6.00. The van der Waals surface area contributed by atoms with Gasteiger partial charge in [-0.15, -0.1) is 0 Å². The highest BCUT2D eigenvalue weighted by Crippen LogP contribution is 2.42. The Kier molecular flexibility index (Phi) is 2.68. The molecule has 0 aliphatic carbocycles. The molecule has 3 rings (SSSR count). The van der Waals surface area contributed by atoms with E-state index in [1.807, 2.05) is 12.3 Å². The van der Waals surface area contributed by atoms with Gasteiger partial charge in [-0.3, -0.25) is 4.98 Å². The zero-order valence-electron chi connectivity index (χ0n) is 9.49. The molecule has 2 saturated heterocycles. The fraction of sp³-hybridized carbons (Fsp3) is 0.538. The first-order valence-corrected chi connectivity index (χ1v) is 6.79. The molecule has 0 saturated carbocycles. The maximum atomic E-state index is 9.63. The number of hydrogen-bond acceptors (Lipinski definition) is 3. The van der Waals surface area contributed by atoms with Gasteiger partial charge in [0.2, 0.25) is 0 Å². The third kappa shape index (κ3) is 1.88. The molecule has 2 bridgehead atoms. The Morgan fingerprint density at radius 2 is 2.06 bits per heavy atom. The lowest BCUT2D eigenvalue weighted by molar-refractivity contribution is 0.304. The number of rotatable bonds is 1. The van der Waals surface area contributed by atoms with Crippen molar-refractivity contribution < 1.29 is 0 Å². The Balaban J connectivity index is 2.00. The summed E-state index contributed by atoms with van der Waals surface area (Å²) in [6.45, 7) is 0. The molecule has 2 aliphatic heterocycles. The van der Waals surface area contributed by atoms with Crippen molar-refractivity contribution in [2.75, 3.05) is 0 Å². The molecule has 3 atom stereocenters. The molecule has 2 fully saturated rings. The van der Waals surface area contributed by atoms with Crippen molar-refractivity contribution in [3.8, 4) is 6.07 Å². The van der Waals surface area contributed by atoms with Crippen molar-refractivity contribution in [1.82, 2.24) is 10.3 Å². The molecule has 0 radical (unpaired) electrons. The fourth-order valence-electron chi connectivity index (χ4n) is 3.21. The number of nitrogens with one attached hydrogen (secondary N) is 1. The maximum absolute atomic E-state index is 9.63. The topological polar surface area (TPSA) is 48.7 Å². The Hall–Kier alpha value is -0.920. The summed E-state index contributed by atoms with van der Waals surface area (Å²) in [5.74, 6) is 0. The summed E-state index contributed by atoms with van der Waals surface area (Å²) in [7, 11) is 0. The number of nitriles is 1. The first kappa shape index (κ1) is 11.2. The van der Waals surface area contributed by atoms with Crippen LogP contribution in [0.2, 0.25) is 0 Å². The van der Waals surface area contributed by atoms with Crippen LogP contribution >= 0.6 is 15.9 Å². The molecule has 0 aromatic carbocycles. The van der Waals surface area contributed by atoms with Gasteiger partial charge in [0.15, 0.2) is 0 Å². The standard InChI is InChI=1S/C13H14BrN3/c14-10-3-9(6-16-7-10)13(8-15)4-11-1-2-12(5-13)17-11/h3,6-7,11-12,17H,1-2,4-5H2/t11-,12+,13-. The number of piperidine rings is 1. The van der Waals surface area contributed by atoms with E-state index >= 15 is 0 Å². The van der Waals surface area contributed by atoms with Crippen LogP contribution in [0.25, 0.3) is 0 Å². The maximum Gasteiger partial charge on any atom is 0.0867 e. The van der Waals surface area contributed by atoms with E-state index in [0.29, 0.717) is 12.1 Å². The van der Waals surface area contributed by atoms with E-state index in [4.69, 9.17) is 0 Å². The summed E-state index contributed by atoms with van der Waals surface area (Å²) in [5, 5.41) is 13.2. The van der Waals surface area contributed by atoms with Gasteiger partial charge in [0, 0.05) is 29.0 Å². The van der Waals surface area contributed by atoms with E-state index < -0.39 is 0 Å². The fourth-order valence-corrected chi connectivity index (χ4v) is 3.58. The molecule has 88 valence electrons. The lowest BCUT2D eigenvalue weighted by Gasteiger charge is -2.36. The zero-order valence-corrected chi connectivity index (χ0v) is 11.1. The van der Waals surface area contributed by atoms with Gasteiger partial charge in [0.05, 0.1) is 11.5 Å². The van der Waals surface area contributed by atoms with E-state index in [1.54, 1.807) is 6.20 Å². The minimum Gasteiger partial charge on any atom is -0.311 e. The van der Waals surface area contributed by atoms with Crippen molar-refractivity contribution in [2.45, 2.75) is 43.2 Å². The van der Waals surface area contributed by atoms with Crippen LogP contribution in [0.4, 0.5) is 0 Å². The van der Waals surface area contributed by atoms with Crippen molar-refractivity contribution >= 4 is 15.9 Å². The monoisotopic (exact) mass is 291 g/mol. The summed E-state index contributed by atoms with van der Waals surface area (Å²) in [6, 6.07) is 5.62. The molecule has 0 amide bonds. The smallest absolute Gasteiger partial charge is 0.0867 e. The molecular weight excluding hydrogens is 278 g/mol. The van der Waals surface area contributed by atoms with Gasteiger partial charge in [-0.25, -0.2) is 0 Å². The molecule has 0 spiro atoms. The highest BCUT2D eigenvalue weighted by atomic mass is 79.9. The van der Waals surface area contributed by atoms with Crippen LogP contribution < -0.4 is 5.32 Å². The van der Waals surface area contributed by atoms with Gasteiger partial charge >= 0.3 is 0 Å². The molecule has 2 aliphatic rings. The third-order valence-corrected chi connectivity index (χ3v) is 4.43. The summed E-state index contributed by atoms with van der Waals surface area (Å²) in [4.78, 5) is 4.20. The Bertz CT molecular complexity index is 468. The van der Waals surface area contributed by atoms with Crippen LogP contribution in [0.15, 0.2) is 22.9 Å². The third-order valence-electron chi connectivity index (χ3n) is 4.00. The van der Waals surface area contributed by atoms with Crippen molar-refractivity contribution in [1.29, 1.82) is 5.26 Å². The average molecular weight is 292 g/mol. The van der Waals surface area contributed by atoms with Crippen LogP contribution in [-0.4, -0.2) is 17.1 Å². The molecule has 1 aromatic heterocycles. The van der Waals surface area contributed by atoms with Crippen LogP contribution in [0.3, 0.4) is 0 Å². The Labute approximate surface area is 109 Å². The van der Waals surface area contributed by atoms with Gasteiger partial charge in [-0.05, 0) is 53.2 Å². The SMILES string of the molecule is N#C[C@@]1(c2cncc(Br)c2)C[C@H]2CC[C@@H](C1)N2. The lowest BCUT2D eigenvalue weighted by atomic mass is 9.72. The molecule has 0 unspecified atom stereocenters. The van der Waals surface area contributed by atoms with E-state index in [0.717, 1.165) is 22.9 Å². The number of pyridine rings is 1. The van der Waals surface area contributed by atoms with Crippen molar-refractivity contribution in [3.63, 3.8) is 0 Å². The number of fused-ring (bicyclic) bond motifs is 2. The van der Waals surface area contributed by atoms with E-state index in [1.165, 1.54) is 12.8 Å². The number of halogens is 1. The second kappa shape index (κ2) is 4.08. The minimum atomic E-state index is -0.339. The molecular formula is C13H14BrN3. The van der Waals surface area contributed by atoms with Crippen LogP contribution in [0.1, 0.15) is 31.2 Å². The lowest BCUT2D eigenvalue weighted by Crippen LogP contribution is -2.46. The summed E-state index contributed by atoms with van der Waals surface area (Å²) >= 11 is 3.44. The number of hydrogen-bond donors (Lipinski definition) is 1. The predicted molar refractivity (Wildman–Crippen MR) is 68.4 cm³/mol. The van der Waals surface area contributed by atoms with Crippen molar-refractivity contribution in [3.05, 3.63) is 28.5 Å². The van der Waals surface area contributed by atoms with Crippen LogP contribution in [0, 0.1) is 11.3 Å². The summed E-state index contributed by atoms with van der Waals surface area (Å²) < 4.78 is 0.954. The zero-order chi connectivity index (χ0) is 11.9. The van der Waals surface area contributed by atoms with Gasteiger partial charge in [-0.1, -0.05) is 0 Å². The largest absolute Gasteiger partial charge is 0.311 e. The van der Waals surface area contributed by atoms with Crippen LogP contribution in [0.5, 0.6) is 0 Å². The van der Waals surface area contributed by atoms with Gasteiger partial charge in [0.25, 0.3) is 0 Å². The minimum absolute atomic E-state index is 0.339. The first-order chi connectivity index (χ1) is 8.22. The summed E-state index contributed by atoms with van der Waals surface area (Å²) in [6.07, 6.45) is 7.85. The van der Waals surface area contributed by atoms with E-state index in [2.05, 4.69) is 32.3 Å². The number of nitrogens with zero attached hydrogens (tertiary/aromatic N) is 2. The highest BCUT2D eigenvalue weighted by molar-refractivity contribution is 9.10. The number of aromatic nitrogens is 1. The van der Waals surface area contributed by atoms with E-state index in [9.17, 15) is 5.26 Å². The Morgan fingerprint density at radius 1 is 1.35 bits per heavy atom. The normalized spacial score (nSPS) is 35.5. The molecule has 1 N–H and O–H groups in total. The van der Waals surface area contributed by atoms with Gasteiger partial charge in [-0.2, -0.15) is 5.26 Å². The Morgan fingerprint density at radius 3 is 2.65 bits per heavy atom. The molecule has 1 aromatic rings. The second-order valence-corrected chi connectivity index (χ2v) is 6.05. The van der Waals surface area contributed by atoms with Crippen LogP contribution in [-0.2, 0) is 5.41 Å². The van der Waals surface area contributed by atoms with E-state index in [-0.39, 0.29) is 5.41 Å². The highest BCUT2D eigenvalue weighted by Gasteiger charge is 2.45. The molecule has 3 heterocycles. The second-order valence-electron chi connectivity index (χ2n) is 5.13. The summed E-state index contributed by atoms with van der Waals surface area (Å²) in [5.41, 5.74) is 0.723.